The first-order chi connectivity index (χ1) is 5.17. The molecule has 0 aliphatic carbocycles. The smallest absolute Gasteiger partial charge is 0.252 e. The molecule has 0 aliphatic rings. The molecule has 2 amide bonds. The molecule has 0 radical (unpaired) electrons. The summed E-state index contributed by atoms with van der Waals surface area (Å²) in [5.74, 6) is -0.777. The first-order valence-corrected chi connectivity index (χ1v) is 3.34. The maximum Gasteiger partial charge on any atom is 0.252 e. The fourth-order valence-electron chi connectivity index (χ4n) is 0.675. The van der Waals surface area contributed by atoms with Gasteiger partial charge in [0.05, 0.1) is 6.54 Å². The van der Waals surface area contributed by atoms with Crippen molar-refractivity contribution in [3.63, 3.8) is 0 Å². The lowest BCUT2D eigenvalue weighted by molar-refractivity contribution is -0.140. The first-order valence-electron chi connectivity index (χ1n) is 3.34. The summed E-state index contributed by atoms with van der Waals surface area (Å²) >= 11 is 0. The fourth-order valence-corrected chi connectivity index (χ4v) is 0.675. The van der Waals surface area contributed by atoms with Gasteiger partial charge in [-0.05, 0) is 13.0 Å². The quantitative estimate of drug-likeness (QED) is 0.560. The van der Waals surface area contributed by atoms with E-state index < -0.39 is 5.91 Å². The van der Waals surface area contributed by atoms with Crippen LogP contribution in [0.3, 0.4) is 0 Å². The number of likely N-dealkylation sites (N-methyl/N-ethyl adjacent to an activating group) is 1. The molecule has 0 rings (SSSR count). The molecule has 62 valence electrons. The molecule has 0 bridgehead atoms. The Morgan fingerprint density at radius 1 is 1.64 bits per heavy atom. The van der Waals surface area contributed by atoms with E-state index in [1.807, 2.05) is 0 Å². The Bertz CT molecular complexity index is 177. The van der Waals surface area contributed by atoms with Crippen molar-refractivity contribution < 1.29 is 9.59 Å². The number of nitrogens with two attached hydrogens (primary N) is 1. The Balaban J connectivity index is 4.27. The van der Waals surface area contributed by atoms with Crippen LogP contribution in [0.2, 0.25) is 0 Å². The fraction of sp³-hybridized carbons (Fsp3) is 0.429. The van der Waals surface area contributed by atoms with Crippen LogP contribution < -0.4 is 5.73 Å². The number of nitrogens with zero attached hydrogens (tertiary/aromatic N) is 1. The third-order valence-electron chi connectivity index (χ3n) is 1.23. The van der Waals surface area contributed by atoms with Gasteiger partial charge in [0.25, 0.3) is 5.91 Å². The van der Waals surface area contributed by atoms with Crippen LogP contribution in [0.15, 0.2) is 12.7 Å². The van der Waals surface area contributed by atoms with Gasteiger partial charge in [0.2, 0.25) is 5.91 Å². The second-order valence-corrected chi connectivity index (χ2v) is 1.88. The Labute approximate surface area is 65.7 Å². The van der Waals surface area contributed by atoms with Crippen molar-refractivity contribution in [1.29, 1.82) is 0 Å². The van der Waals surface area contributed by atoms with Crippen molar-refractivity contribution in [3.8, 4) is 0 Å². The summed E-state index contributed by atoms with van der Waals surface area (Å²) < 4.78 is 0. The first kappa shape index (κ1) is 9.84. The van der Waals surface area contributed by atoms with E-state index in [1.54, 1.807) is 6.92 Å². The minimum absolute atomic E-state index is 0.145. The van der Waals surface area contributed by atoms with Gasteiger partial charge >= 0.3 is 0 Å². The third-order valence-corrected chi connectivity index (χ3v) is 1.23. The third kappa shape index (κ3) is 2.51. The van der Waals surface area contributed by atoms with E-state index in [1.165, 1.54) is 0 Å². The maximum absolute atomic E-state index is 10.9. The zero-order chi connectivity index (χ0) is 8.85. The van der Waals surface area contributed by atoms with Crippen LogP contribution in [0.4, 0.5) is 0 Å². The molecule has 0 aliphatic heterocycles. The highest BCUT2D eigenvalue weighted by Crippen LogP contribution is 1.90. The van der Waals surface area contributed by atoms with Gasteiger partial charge in [0.1, 0.15) is 0 Å². The van der Waals surface area contributed by atoms with Crippen LogP contribution >= 0.6 is 0 Å². The van der Waals surface area contributed by atoms with Gasteiger partial charge in [-0.25, -0.2) is 0 Å². The summed E-state index contributed by atoms with van der Waals surface area (Å²) in [6.07, 6.45) is 1.09. The standard InChI is InChI=1S/C7H12N2O2/c1-3-6(10)9(4-2)7(11)5-8/h3H,1,4-5,8H2,2H3. The monoisotopic (exact) mass is 156 g/mol. The summed E-state index contributed by atoms with van der Waals surface area (Å²) in [6, 6.07) is 0. The van der Waals surface area contributed by atoms with Crippen LogP contribution in [0.1, 0.15) is 6.92 Å². The summed E-state index contributed by atoms with van der Waals surface area (Å²) in [4.78, 5) is 22.8. The molecule has 4 heteroatoms. The summed E-state index contributed by atoms with van der Waals surface area (Å²) in [5, 5.41) is 0. The van der Waals surface area contributed by atoms with Crippen LogP contribution in [-0.4, -0.2) is 29.8 Å². The second kappa shape index (κ2) is 4.62. The minimum atomic E-state index is -0.400. The molecular formula is C7H12N2O2. The summed E-state index contributed by atoms with van der Waals surface area (Å²) in [5.41, 5.74) is 5.06. The van der Waals surface area contributed by atoms with E-state index in [4.69, 9.17) is 5.73 Å². The molecule has 0 unspecified atom stereocenters. The SMILES string of the molecule is C=CC(=O)N(CC)C(=O)CN. The van der Waals surface area contributed by atoms with Gasteiger partial charge in [-0.3, -0.25) is 14.5 Å². The van der Waals surface area contributed by atoms with E-state index in [0.29, 0.717) is 6.54 Å². The lowest BCUT2D eigenvalue weighted by Crippen LogP contribution is -2.39. The summed E-state index contributed by atoms with van der Waals surface area (Å²) in [6.45, 7) is 5.15. The molecule has 0 saturated heterocycles. The predicted molar refractivity (Wildman–Crippen MR) is 41.6 cm³/mol. The average molecular weight is 156 g/mol. The number of rotatable bonds is 3. The van der Waals surface area contributed by atoms with Crippen molar-refractivity contribution in [2.75, 3.05) is 13.1 Å². The predicted octanol–water partition coefficient (Wildman–Crippen LogP) is -0.494. The van der Waals surface area contributed by atoms with Gasteiger partial charge in [-0.1, -0.05) is 6.58 Å². The lowest BCUT2D eigenvalue weighted by Gasteiger charge is -2.15. The molecule has 0 atom stereocenters. The maximum atomic E-state index is 10.9. The van der Waals surface area contributed by atoms with E-state index in [0.717, 1.165) is 11.0 Å². The molecule has 0 aromatic carbocycles. The Hall–Kier alpha value is -1.16. The normalized spacial score (nSPS) is 8.91. The molecular weight excluding hydrogens is 144 g/mol. The summed E-state index contributed by atoms with van der Waals surface area (Å²) in [7, 11) is 0. The molecule has 4 nitrogen and oxygen atoms in total. The molecule has 11 heavy (non-hydrogen) atoms. The van der Waals surface area contributed by atoms with Gasteiger partial charge in [0, 0.05) is 6.54 Å². The van der Waals surface area contributed by atoms with Crippen molar-refractivity contribution in [2.45, 2.75) is 6.92 Å². The topological polar surface area (TPSA) is 63.4 Å². The van der Waals surface area contributed by atoms with Crippen LogP contribution in [-0.2, 0) is 9.59 Å². The number of carbonyl (C=O) groups is 2. The average Bonchev–Trinajstić information content (AvgIpc) is 2.05. The highest BCUT2D eigenvalue weighted by Gasteiger charge is 2.14. The van der Waals surface area contributed by atoms with E-state index in [2.05, 4.69) is 6.58 Å². The number of hydrogen-bond acceptors (Lipinski definition) is 3. The highest BCUT2D eigenvalue weighted by molar-refractivity contribution is 6.01. The molecule has 0 heterocycles. The lowest BCUT2D eigenvalue weighted by atomic mass is 10.4. The largest absolute Gasteiger partial charge is 0.322 e. The minimum Gasteiger partial charge on any atom is -0.322 e. The molecule has 0 fully saturated rings. The number of carbonyl (C=O) groups excluding carboxylic acids is 2. The molecule has 0 aromatic rings. The Morgan fingerprint density at radius 2 is 2.18 bits per heavy atom. The zero-order valence-electron chi connectivity index (χ0n) is 6.54. The van der Waals surface area contributed by atoms with E-state index in [9.17, 15) is 9.59 Å². The Kier molecular flexibility index (Phi) is 4.14. The van der Waals surface area contributed by atoms with Crippen molar-refractivity contribution in [2.24, 2.45) is 5.73 Å². The van der Waals surface area contributed by atoms with Crippen LogP contribution in [0.25, 0.3) is 0 Å². The van der Waals surface area contributed by atoms with E-state index in [-0.39, 0.29) is 12.5 Å². The van der Waals surface area contributed by atoms with Crippen LogP contribution in [0, 0.1) is 0 Å². The van der Waals surface area contributed by atoms with Gasteiger partial charge in [0.15, 0.2) is 0 Å². The highest BCUT2D eigenvalue weighted by atomic mass is 16.2. The molecule has 0 spiro atoms. The number of amides is 2. The van der Waals surface area contributed by atoms with Crippen molar-refractivity contribution in [3.05, 3.63) is 12.7 Å². The molecule has 0 saturated carbocycles. The molecule has 0 aromatic heterocycles. The van der Waals surface area contributed by atoms with Gasteiger partial charge in [-0.2, -0.15) is 0 Å². The van der Waals surface area contributed by atoms with Crippen LogP contribution in [0.5, 0.6) is 0 Å². The number of hydrogen-bond donors (Lipinski definition) is 1. The van der Waals surface area contributed by atoms with Crippen molar-refractivity contribution in [1.82, 2.24) is 4.90 Å². The van der Waals surface area contributed by atoms with Gasteiger partial charge < -0.3 is 5.73 Å². The van der Waals surface area contributed by atoms with Crippen molar-refractivity contribution >= 4 is 11.8 Å². The van der Waals surface area contributed by atoms with E-state index >= 15 is 0 Å². The number of imide groups is 1. The molecule has 2 N–H and O–H groups in total. The second-order valence-electron chi connectivity index (χ2n) is 1.88. The Morgan fingerprint density at radius 3 is 2.45 bits per heavy atom. The van der Waals surface area contributed by atoms with Gasteiger partial charge in [-0.15, -0.1) is 0 Å². The zero-order valence-corrected chi connectivity index (χ0v) is 6.54.